The normalized spacial score (nSPS) is 17.7. The standard InChI is InChI=1S/C21H25ClN2O2/c1-26-20-11-5-3-7-16(20)13-23-21(25)18-9-6-12-24(15-18)14-17-8-2-4-10-19(17)22/h2-5,7-8,10-11,18H,6,9,12-15H2,1H3,(H,23,25)/t18-/m0/s1. The van der Waals surface area contributed by atoms with E-state index in [2.05, 4.69) is 10.2 Å². The van der Waals surface area contributed by atoms with Gasteiger partial charge in [0.15, 0.2) is 0 Å². The first-order valence-corrected chi connectivity index (χ1v) is 9.40. The Morgan fingerprint density at radius 3 is 2.69 bits per heavy atom. The van der Waals surface area contributed by atoms with E-state index in [4.69, 9.17) is 16.3 Å². The highest BCUT2D eigenvalue weighted by molar-refractivity contribution is 6.31. The number of halogens is 1. The molecule has 1 fully saturated rings. The van der Waals surface area contributed by atoms with E-state index < -0.39 is 0 Å². The fourth-order valence-corrected chi connectivity index (χ4v) is 3.65. The minimum Gasteiger partial charge on any atom is -0.496 e. The van der Waals surface area contributed by atoms with Crippen molar-refractivity contribution in [1.29, 1.82) is 0 Å². The summed E-state index contributed by atoms with van der Waals surface area (Å²) in [5.41, 5.74) is 2.11. The number of ether oxygens (including phenoxy) is 1. The third-order valence-electron chi connectivity index (χ3n) is 4.87. The minimum atomic E-state index is 0.0148. The van der Waals surface area contributed by atoms with Gasteiger partial charge >= 0.3 is 0 Å². The number of carbonyl (C=O) groups excluding carboxylic acids is 1. The third kappa shape index (κ3) is 4.77. The van der Waals surface area contributed by atoms with Gasteiger partial charge in [0.1, 0.15) is 5.75 Å². The molecule has 0 radical (unpaired) electrons. The van der Waals surface area contributed by atoms with Gasteiger partial charge in [0.2, 0.25) is 5.91 Å². The molecule has 2 aromatic carbocycles. The van der Waals surface area contributed by atoms with Gasteiger partial charge in [-0.25, -0.2) is 0 Å². The van der Waals surface area contributed by atoms with Gasteiger partial charge in [-0.1, -0.05) is 48.0 Å². The molecule has 0 spiro atoms. The second-order valence-electron chi connectivity index (χ2n) is 6.70. The first-order valence-electron chi connectivity index (χ1n) is 9.02. The molecule has 1 heterocycles. The van der Waals surface area contributed by atoms with Crippen molar-refractivity contribution < 1.29 is 9.53 Å². The molecule has 1 aliphatic heterocycles. The highest BCUT2D eigenvalue weighted by Gasteiger charge is 2.26. The van der Waals surface area contributed by atoms with Gasteiger partial charge in [-0.3, -0.25) is 9.69 Å². The summed E-state index contributed by atoms with van der Waals surface area (Å²) in [7, 11) is 1.65. The van der Waals surface area contributed by atoms with E-state index in [1.54, 1.807) is 7.11 Å². The summed E-state index contributed by atoms with van der Waals surface area (Å²) in [5.74, 6) is 0.928. The van der Waals surface area contributed by atoms with Crippen LogP contribution in [0.2, 0.25) is 5.02 Å². The van der Waals surface area contributed by atoms with Crippen LogP contribution in [0.25, 0.3) is 0 Å². The Balaban J connectivity index is 1.55. The molecule has 1 N–H and O–H groups in total. The van der Waals surface area contributed by atoms with Crippen LogP contribution in [-0.2, 0) is 17.9 Å². The Hall–Kier alpha value is -2.04. The average molecular weight is 373 g/mol. The Morgan fingerprint density at radius 1 is 1.19 bits per heavy atom. The molecule has 0 aromatic heterocycles. The first kappa shape index (κ1) is 18.7. The maximum Gasteiger partial charge on any atom is 0.224 e. The van der Waals surface area contributed by atoms with E-state index in [1.807, 2.05) is 48.5 Å². The summed E-state index contributed by atoms with van der Waals surface area (Å²) in [6.07, 6.45) is 1.95. The van der Waals surface area contributed by atoms with Gasteiger partial charge in [0, 0.05) is 30.2 Å². The predicted molar refractivity (Wildman–Crippen MR) is 104 cm³/mol. The number of likely N-dealkylation sites (tertiary alicyclic amines) is 1. The third-order valence-corrected chi connectivity index (χ3v) is 5.24. The van der Waals surface area contributed by atoms with Crippen molar-refractivity contribution in [3.05, 3.63) is 64.7 Å². The van der Waals surface area contributed by atoms with Gasteiger partial charge in [-0.05, 0) is 37.1 Å². The van der Waals surface area contributed by atoms with Crippen molar-refractivity contribution in [2.45, 2.75) is 25.9 Å². The van der Waals surface area contributed by atoms with E-state index in [-0.39, 0.29) is 11.8 Å². The van der Waals surface area contributed by atoms with Crippen molar-refractivity contribution in [3.8, 4) is 5.75 Å². The monoisotopic (exact) mass is 372 g/mol. The topological polar surface area (TPSA) is 41.6 Å². The zero-order chi connectivity index (χ0) is 18.4. The van der Waals surface area contributed by atoms with Crippen molar-refractivity contribution in [1.82, 2.24) is 10.2 Å². The molecule has 26 heavy (non-hydrogen) atoms. The number of hydrogen-bond donors (Lipinski definition) is 1. The first-order chi connectivity index (χ1) is 12.7. The van der Waals surface area contributed by atoms with Crippen molar-refractivity contribution in [2.24, 2.45) is 5.92 Å². The largest absolute Gasteiger partial charge is 0.496 e. The fourth-order valence-electron chi connectivity index (χ4n) is 3.46. The predicted octanol–water partition coefficient (Wildman–Crippen LogP) is 3.88. The maximum absolute atomic E-state index is 12.6. The van der Waals surface area contributed by atoms with Gasteiger partial charge in [0.05, 0.1) is 13.0 Å². The van der Waals surface area contributed by atoms with Crippen LogP contribution in [0.15, 0.2) is 48.5 Å². The lowest BCUT2D eigenvalue weighted by Crippen LogP contribution is -2.42. The molecule has 138 valence electrons. The number of methoxy groups -OCH3 is 1. The van der Waals surface area contributed by atoms with Gasteiger partial charge in [0.25, 0.3) is 0 Å². The fraction of sp³-hybridized carbons (Fsp3) is 0.381. The zero-order valence-electron chi connectivity index (χ0n) is 15.1. The number of rotatable bonds is 6. The van der Waals surface area contributed by atoms with Crippen LogP contribution in [0.1, 0.15) is 24.0 Å². The highest BCUT2D eigenvalue weighted by atomic mass is 35.5. The number of nitrogens with zero attached hydrogens (tertiary/aromatic N) is 1. The zero-order valence-corrected chi connectivity index (χ0v) is 15.8. The number of nitrogens with one attached hydrogen (secondary N) is 1. The van der Waals surface area contributed by atoms with Gasteiger partial charge in [-0.2, -0.15) is 0 Å². The van der Waals surface area contributed by atoms with E-state index in [0.717, 1.165) is 54.4 Å². The number of benzene rings is 2. The summed E-state index contributed by atoms with van der Waals surface area (Å²) in [5, 5.41) is 3.85. The highest BCUT2D eigenvalue weighted by Crippen LogP contribution is 2.23. The molecule has 1 atom stereocenters. The van der Waals surface area contributed by atoms with Crippen LogP contribution >= 0.6 is 11.6 Å². The molecule has 5 heteroatoms. The average Bonchev–Trinajstić information content (AvgIpc) is 2.68. The van der Waals surface area contributed by atoms with Crippen LogP contribution in [0.5, 0.6) is 5.75 Å². The quantitative estimate of drug-likeness (QED) is 0.836. The van der Waals surface area contributed by atoms with E-state index in [0.29, 0.717) is 6.54 Å². The number of hydrogen-bond acceptors (Lipinski definition) is 3. The SMILES string of the molecule is COc1ccccc1CNC(=O)[C@H]1CCCN(Cc2ccccc2Cl)C1. The Kier molecular flexibility index (Phi) is 6.53. The van der Waals surface area contributed by atoms with E-state index in [1.165, 1.54) is 0 Å². The summed E-state index contributed by atoms with van der Waals surface area (Å²) >= 11 is 6.27. The van der Waals surface area contributed by atoms with E-state index in [9.17, 15) is 4.79 Å². The maximum atomic E-state index is 12.6. The van der Waals surface area contributed by atoms with Crippen LogP contribution in [0.3, 0.4) is 0 Å². The lowest BCUT2D eigenvalue weighted by molar-refractivity contribution is -0.126. The summed E-state index contributed by atoms with van der Waals surface area (Å²) in [4.78, 5) is 14.9. The summed E-state index contributed by atoms with van der Waals surface area (Å²) in [6.45, 7) is 3.05. The van der Waals surface area contributed by atoms with Crippen LogP contribution in [-0.4, -0.2) is 31.0 Å². The number of carbonyl (C=O) groups is 1. The van der Waals surface area contributed by atoms with Gasteiger partial charge < -0.3 is 10.1 Å². The molecule has 1 amide bonds. The van der Waals surface area contributed by atoms with Gasteiger partial charge in [-0.15, -0.1) is 0 Å². The second-order valence-corrected chi connectivity index (χ2v) is 7.10. The van der Waals surface area contributed by atoms with Crippen LogP contribution in [0, 0.1) is 5.92 Å². The number of para-hydroxylation sites is 1. The van der Waals surface area contributed by atoms with E-state index >= 15 is 0 Å². The molecule has 0 bridgehead atoms. The van der Waals surface area contributed by atoms with Crippen LogP contribution in [0.4, 0.5) is 0 Å². The lowest BCUT2D eigenvalue weighted by atomic mass is 9.96. The molecule has 1 aliphatic rings. The summed E-state index contributed by atoms with van der Waals surface area (Å²) in [6, 6.07) is 15.7. The molecule has 1 saturated heterocycles. The van der Waals surface area contributed by atoms with Crippen molar-refractivity contribution in [2.75, 3.05) is 20.2 Å². The molecule has 0 unspecified atom stereocenters. The molecule has 0 saturated carbocycles. The molecule has 2 aromatic rings. The molecule has 4 nitrogen and oxygen atoms in total. The smallest absolute Gasteiger partial charge is 0.224 e. The Bertz CT molecular complexity index is 750. The summed E-state index contributed by atoms with van der Waals surface area (Å²) < 4.78 is 5.35. The second kappa shape index (κ2) is 9.06. The molecule has 3 rings (SSSR count). The Labute approximate surface area is 160 Å². The number of piperidine rings is 1. The molecular formula is C21H25ClN2O2. The van der Waals surface area contributed by atoms with Crippen LogP contribution < -0.4 is 10.1 Å². The number of amides is 1. The Morgan fingerprint density at radius 2 is 1.92 bits per heavy atom. The molecular weight excluding hydrogens is 348 g/mol. The molecule has 0 aliphatic carbocycles. The van der Waals surface area contributed by atoms with Crippen molar-refractivity contribution >= 4 is 17.5 Å². The minimum absolute atomic E-state index is 0.0148. The lowest BCUT2D eigenvalue weighted by Gasteiger charge is -2.32. The van der Waals surface area contributed by atoms with Crippen molar-refractivity contribution in [3.63, 3.8) is 0 Å².